The summed E-state index contributed by atoms with van der Waals surface area (Å²) in [5, 5.41) is 4.79. The van der Waals surface area contributed by atoms with Crippen LogP contribution in [0.4, 0.5) is 0 Å². The van der Waals surface area contributed by atoms with Gasteiger partial charge in [0.25, 0.3) is 0 Å². The van der Waals surface area contributed by atoms with Crippen LogP contribution in [0.5, 0.6) is 0 Å². The summed E-state index contributed by atoms with van der Waals surface area (Å²) in [6.45, 7) is 8.78. The van der Waals surface area contributed by atoms with Crippen molar-refractivity contribution in [2.24, 2.45) is 0 Å². The van der Waals surface area contributed by atoms with E-state index in [-0.39, 0.29) is 0 Å². The first-order chi connectivity index (χ1) is 8.69. The van der Waals surface area contributed by atoms with E-state index in [1.807, 2.05) is 0 Å². The van der Waals surface area contributed by atoms with Gasteiger partial charge in [-0.05, 0) is 32.3 Å². The van der Waals surface area contributed by atoms with Gasteiger partial charge in [-0.15, -0.1) is 0 Å². The third-order valence-corrected chi connectivity index (χ3v) is 3.30. The summed E-state index contributed by atoms with van der Waals surface area (Å²) in [5.41, 5.74) is 5.20. The molecule has 1 heterocycles. The highest BCUT2D eigenvalue weighted by molar-refractivity contribution is 5.69. The summed E-state index contributed by atoms with van der Waals surface area (Å²) < 4.78 is 2.18. The Kier molecular flexibility index (Phi) is 3.85. The molecule has 18 heavy (non-hydrogen) atoms. The van der Waals surface area contributed by atoms with Crippen LogP contribution in [0.3, 0.4) is 0 Å². The zero-order valence-corrected chi connectivity index (χ0v) is 11.8. The molecular formula is C16H22N2. The number of aromatic nitrogens is 2. The van der Waals surface area contributed by atoms with Crippen LogP contribution in [0.15, 0.2) is 30.3 Å². The molecule has 0 saturated heterocycles. The lowest BCUT2D eigenvalue weighted by atomic mass is 10.0. The first-order valence-corrected chi connectivity index (χ1v) is 6.84. The lowest BCUT2D eigenvalue weighted by molar-refractivity contribution is 0.507. The number of benzene rings is 1. The minimum absolute atomic E-state index is 0.419. The van der Waals surface area contributed by atoms with E-state index in [0.717, 1.165) is 12.8 Å². The van der Waals surface area contributed by atoms with Crippen LogP contribution in [0.25, 0.3) is 11.1 Å². The molecule has 0 spiro atoms. The van der Waals surface area contributed by atoms with Gasteiger partial charge >= 0.3 is 0 Å². The molecule has 0 aliphatic rings. The molecule has 1 aromatic heterocycles. The van der Waals surface area contributed by atoms with E-state index in [1.54, 1.807) is 0 Å². The van der Waals surface area contributed by atoms with Crippen LogP contribution < -0.4 is 0 Å². The minimum Gasteiger partial charge on any atom is -0.266 e. The first-order valence-electron chi connectivity index (χ1n) is 6.84. The van der Waals surface area contributed by atoms with Crippen molar-refractivity contribution in [3.8, 4) is 11.1 Å². The first kappa shape index (κ1) is 12.9. The average Bonchev–Trinajstić information content (AvgIpc) is 2.78. The highest BCUT2D eigenvalue weighted by Crippen LogP contribution is 2.30. The van der Waals surface area contributed by atoms with Gasteiger partial charge in [-0.3, -0.25) is 4.68 Å². The topological polar surface area (TPSA) is 17.8 Å². The molecule has 0 atom stereocenters. The fourth-order valence-electron chi connectivity index (χ4n) is 2.47. The fraction of sp³-hybridized carbons (Fsp3) is 0.438. The van der Waals surface area contributed by atoms with Gasteiger partial charge in [-0.1, -0.05) is 44.2 Å². The molecule has 1 aromatic carbocycles. The van der Waals surface area contributed by atoms with Gasteiger partial charge in [0, 0.05) is 17.3 Å². The van der Waals surface area contributed by atoms with Crippen molar-refractivity contribution in [3.05, 3.63) is 41.7 Å². The summed E-state index contributed by atoms with van der Waals surface area (Å²) in [4.78, 5) is 0. The summed E-state index contributed by atoms with van der Waals surface area (Å²) in [6, 6.07) is 11.0. The molecule has 0 N–H and O–H groups in total. The Balaban J connectivity index is 2.64. The summed E-state index contributed by atoms with van der Waals surface area (Å²) in [5.74, 6) is 0. The molecule has 0 radical (unpaired) electrons. The molecule has 2 heteroatoms. The van der Waals surface area contributed by atoms with Crippen LogP contribution in [-0.4, -0.2) is 9.78 Å². The van der Waals surface area contributed by atoms with Crippen molar-refractivity contribution in [1.29, 1.82) is 0 Å². The Labute approximate surface area is 110 Å². The van der Waals surface area contributed by atoms with E-state index in [2.05, 4.69) is 62.7 Å². The zero-order chi connectivity index (χ0) is 13.1. The van der Waals surface area contributed by atoms with E-state index in [9.17, 15) is 0 Å². The molecule has 2 nitrogen and oxygen atoms in total. The second kappa shape index (κ2) is 5.38. The van der Waals surface area contributed by atoms with Crippen molar-refractivity contribution in [2.45, 2.75) is 46.6 Å². The summed E-state index contributed by atoms with van der Waals surface area (Å²) in [6.07, 6.45) is 2.01. The largest absolute Gasteiger partial charge is 0.266 e. The lowest BCUT2D eigenvalue weighted by Crippen LogP contribution is -2.07. The Morgan fingerprint density at radius 3 is 2.22 bits per heavy atom. The van der Waals surface area contributed by atoms with Crippen LogP contribution in [0, 0.1) is 0 Å². The third-order valence-electron chi connectivity index (χ3n) is 3.30. The van der Waals surface area contributed by atoms with Gasteiger partial charge in [-0.2, -0.15) is 5.10 Å². The maximum atomic E-state index is 4.79. The smallest absolute Gasteiger partial charge is 0.0703 e. The normalized spacial score (nSPS) is 11.2. The fourth-order valence-corrected chi connectivity index (χ4v) is 2.47. The van der Waals surface area contributed by atoms with Gasteiger partial charge < -0.3 is 0 Å². The SMILES string of the molecule is CCc1nn(C(C)C)c(CC)c1-c1ccccc1. The van der Waals surface area contributed by atoms with Crippen LogP contribution in [-0.2, 0) is 12.8 Å². The van der Waals surface area contributed by atoms with Crippen LogP contribution >= 0.6 is 0 Å². The van der Waals surface area contributed by atoms with Crippen molar-refractivity contribution in [1.82, 2.24) is 9.78 Å². The Bertz CT molecular complexity index is 509. The third kappa shape index (κ3) is 2.20. The quantitative estimate of drug-likeness (QED) is 0.783. The molecule has 0 fully saturated rings. The average molecular weight is 242 g/mol. The van der Waals surface area contributed by atoms with E-state index >= 15 is 0 Å². The standard InChI is InChI=1S/C16H22N2/c1-5-14-16(13-10-8-7-9-11-13)15(6-2)18(17-14)12(3)4/h7-12H,5-6H2,1-4H3. The molecule has 0 saturated carbocycles. The number of hydrogen-bond acceptors (Lipinski definition) is 1. The molecule has 2 rings (SSSR count). The maximum Gasteiger partial charge on any atom is 0.0703 e. The van der Waals surface area contributed by atoms with Crippen molar-refractivity contribution in [2.75, 3.05) is 0 Å². The van der Waals surface area contributed by atoms with Gasteiger partial charge in [0.15, 0.2) is 0 Å². The highest BCUT2D eigenvalue weighted by atomic mass is 15.3. The second-order valence-corrected chi connectivity index (χ2v) is 4.88. The van der Waals surface area contributed by atoms with E-state index in [1.165, 1.54) is 22.5 Å². The summed E-state index contributed by atoms with van der Waals surface area (Å²) in [7, 11) is 0. The van der Waals surface area contributed by atoms with Crippen molar-refractivity contribution < 1.29 is 0 Å². The number of hydrogen-bond donors (Lipinski definition) is 0. The highest BCUT2D eigenvalue weighted by Gasteiger charge is 2.17. The molecule has 0 aliphatic heterocycles. The predicted molar refractivity (Wildman–Crippen MR) is 76.8 cm³/mol. The maximum absolute atomic E-state index is 4.79. The van der Waals surface area contributed by atoms with Gasteiger partial charge in [-0.25, -0.2) is 0 Å². The monoisotopic (exact) mass is 242 g/mol. The molecule has 0 amide bonds. The lowest BCUT2D eigenvalue weighted by Gasteiger charge is -2.11. The number of aryl methyl sites for hydroxylation is 1. The molecule has 0 unspecified atom stereocenters. The van der Waals surface area contributed by atoms with Crippen LogP contribution in [0.1, 0.15) is 45.1 Å². The van der Waals surface area contributed by atoms with Gasteiger partial charge in [0.1, 0.15) is 0 Å². The number of nitrogens with zero attached hydrogens (tertiary/aromatic N) is 2. The zero-order valence-electron chi connectivity index (χ0n) is 11.8. The van der Waals surface area contributed by atoms with Crippen LogP contribution in [0.2, 0.25) is 0 Å². The van der Waals surface area contributed by atoms with E-state index in [0.29, 0.717) is 6.04 Å². The second-order valence-electron chi connectivity index (χ2n) is 4.88. The Morgan fingerprint density at radius 1 is 1.06 bits per heavy atom. The van der Waals surface area contributed by atoms with Gasteiger partial charge in [0.2, 0.25) is 0 Å². The molecule has 0 aliphatic carbocycles. The predicted octanol–water partition coefficient (Wildman–Crippen LogP) is 4.26. The molecular weight excluding hydrogens is 220 g/mol. The van der Waals surface area contributed by atoms with Gasteiger partial charge in [0.05, 0.1) is 5.69 Å². The van der Waals surface area contributed by atoms with E-state index < -0.39 is 0 Å². The molecule has 96 valence electrons. The van der Waals surface area contributed by atoms with Crippen molar-refractivity contribution >= 4 is 0 Å². The molecule has 2 aromatic rings. The summed E-state index contributed by atoms with van der Waals surface area (Å²) >= 11 is 0. The Hall–Kier alpha value is -1.57. The van der Waals surface area contributed by atoms with Crippen molar-refractivity contribution in [3.63, 3.8) is 0 Å². The molecule has 0 bridgehead atoms. The Morgan fingerprint density at radius 2 is 1.72 bits per heavy atom. The van der Waals surface area contributed by atoms with E-state index in [4.69, 9.17) is 5.10 Å². The number of rotatable bonds is 4. The minimum atomic E-state index is 0.419.